The van der Waals surface area contributed by atoms with Crippen LogP contribution in [0.15, 0.2) is 17.4 Å². The minimum Gasteiger partial charge on any atom is -0.126 e. The molecule has 2 fully saturated rings. The topological polar surface area (TPSA) is 0 Å². The van der Waals surface area contributed by atoms with Crippen LogP contribution in [0.25, 0.3) is 0 Å². The molecule has 0 spiro atoms. The average Bonchev–Trinajstić information content (AvgIpc) is 2.63. The third-order valence-corrected chi connectivity index (χ3v) is 11.0. The zero-order chi connectivity index (χ0) is 16.8. The summed E-state index contributed by atoms with van der Waals surface area (Å²) in [6.45, 7) is 5.05. The van der Waals surface area contributed by atoms with E-state index in [4.69, 9.17) is 0 Å². The zero-order valence-corrected chi connectivity index (χ0v) is 17.1. The average molecular weight is 347 g/mol. The molecule has 2 atom stereocenters. The highest BCUT2D eigenvalue weighted by atomic mass is 31.1. The lowest BCUT2D eigenvalue weighted by Crippen LogP contribution is -2.25. The molecule has 1 heteroatoms. The van der Waals surface area contributed by atoms with Crippen LogP contribution < -0.4 is 0 Å². The molecule has 0 aromatic heterocycles. The van der Waals surface area contributed by atoms with Crippen LogP contribution in [0.1, 0.15) is 104 Å². The van der Waals surface area contributed by atoms with Gasteiger partial charge >= 0.3 is 0 Å². The fourth-order valence-corrected chi connectivity index (χ4v) is 9.85. The quantitative estimate of drug-likeness (QED) is 0.340. The summed E-state index contributed by atoms with van der Waals surface area (Å²) in [4.78, 5) is 0. The molecule has 0 bridgehead atoms. The Morgan fingerprint density at radius 2 is 1.54 bits per heavy atom. The van der Waals surface area contributed by atoms with Crippen molar-refractivity contribution in [3.63, 3.8) is 0 Å². The molecule has 0 nitrogen and oxygen atoms in total. The van der Waals surface area contributed by atoms with Crippen LogP contribution >= 0.6 is 7.92 Å². The molecule has 2 saturated carbocycles. The number of allylic oxidation sites excluding steroid dienone is 1. The maximum absolute atomic E-state index is 3.62. The third-order valence-electron chi connectivity index (χ3n) is 6.96. The van der Waals surface area contributed by atoms with Crippen LogP contribution in [0, 0.1) is 5.92 Å². The van der Waals surface area contributed by atoms with Crippen molar-refractivity contribution < 1.29 is 0 Å². The monoisotopic (exact) mass is 346 g/mol. The molecule has 3 aliphatic rings. The second kappa shape index (κ2) is 9.59. The van der Waals surface area contributed by atoms with Gasteiger partial charge in [-0.3, -0.25) is 0 Å². The van der Waals surface area contributed by atoms with Gasteiger partial charge in [-0.15, -0.1) is 5.73 Å². The van der Waals surface area contributed by atoms with E-state index in [9.17, 15) is 0 Å². The summed E-state index contributed by atoms with van der Waals surface area (Å²) in [6, 6.07) is 0. The lowest BCUT2D eigenvalue weighted by atomic mass is 9.90. The van der Waals surface area contributed by atoms with Gasteiger partial charge < -0.3 is 0 Å². The molecule has 0 amide bonds. The van der Waals surface area contributed by atoms with Crippen molar-refractivity contribution in [1.29, 1.82) is 0 Å². The Hall–Kier alpha value is -0.0500. The highest BCUT2D eigenvalue weighted by Crippen LogP contribution is 2.59. The highest BCUT2D eigenvalue weighted by molar-refractivity contribution is 7.59. The van der Waals surface area contributed by atoms with E-state index in [0.29, 0.717) is 0 Å². The van der Waals surface area contributed by atoms with Crippen LogP contribution in [0.3, 0.4) is 0 Å². The standard InChI is InChI=1S/C23H39P/c1-19-11-9-10-12-21(19)18-17-20(2)24(22-13-5-3-6-14-22)23-15-7-4-8-16-23/h10,19-20,22-23H,3-9,11,13-18H2,1-2H3/t19-,20+/m0/s1. The predicted molar refractivity (Wildman–Crippen MR) is 109 cm³/mol. The van der Waals surface area contributed by atoms with Crippen LogP contribution in [0.5, 0.6) is 0 Å². The summed E-state index contributed by atoms with van der Waals surface area (Å²) >= 11 is 0. The van der Waals surface area contributed by atoms with Crippen molar-refractivity contribution in [3.05, 3.63) is 17.4 Å². The van der Waals surface area contributed by atoms with E-state index in [1.807, 2.05) is 0 Å². The lowest BCUT2D eigenvalue weighted by molar-refractivity contribution is 0.479. The SMILES string of the molecule is C[C@H](CCC1=C=CCC[C@@H]1C)P(C1CCCCC1)C1CCCCC1. The van der Waals surface area contributed by atoms with Gasteiger partial charge in [0.25, 0.3) is 0 Å². The fraction of sp³-hybridized carbons (Fsp3) is 0.870. The molecule has 0 heterocycles. The van der Waals surface area contributed by atoms with Crippen molar-refractivity contribution in [2.45, 2.75) is 121 Å². The Labute approximate surface area is 152 Å². The van der Waals surface area contributed by atoms with Gasteiger partial charge in [0, 0.05) is 0 Å². The molecule has 136 valence electrons. The molecule has 0 unspecified atom stereocenters. The van der Waals surface area contributed by atoms with Gasteiger partial charge in [-0.25, -0.2) is 0 Å². The van der Waals surface area contributed by atoms with Crippen LogP contribution in [0.4, 0.5) is 0 Å². The molecule has 0 aromatic carbocycles. The van der Waals surface area contributed by atoms with E-state index >= 15 is 0 Å². The van der Waals surface area contributed by atoms with Gasteiger partial charge in [0.05, 0.1) is 0 Å². The predicted octanol–water partition coefficient (Wildman–Crippen LogP) is 7.81. The Balaban J connectivity index is 1.63. The van der Waals surface area contributed by atoms with Crippen molar-refractivity contribution in [1.82, 2.24) is 0 Å². The van der Waals surface area contributed by atoms with Crippen LogP contribution in [-0.2, 0) is 0 Å². The molecule has 0 aromatic rings. The smallest absolute Gasteiger partial charge is 0.0152 e. The minimum atomic E-state index is 0.249. The largest absolute Gasteiger partial charge is 0.126 e. The summed E-state index contributed by atoms with van der Waals surface area (Å²) in [5.41, 5.74) is 8.46. The Morgan fingerprint density at radius 1 is 0.958 bits per heavy atom. The minimum absolute atomic E-state index is 0.249. The second-order valence-electron chi connectivity index (χ2n) is 8.77. The molecule has 0 N–H and O–H groups in total. The maximum Gasteiger partial charge on any atom is -0.0152 e. The Bertz CT molecular complexity index is 415. The third kappa shape index (κ3) is 4.99. The van der Waals surface area contributed by atoms with Gasteiger partial charge in [-0.2, -0.15) is 0 Å². The van der Waals surface area contributed by atoms with Crippen molar-refractivity contribution in [3.8, 4) is 0 Å². The second-order valence-corrected chi connectivity index (χ2v) is 12.0. The van der Waals surface area contributed by atoms with Gasteiger partial charge in [-0.1, -0.05) is 60.3 Å². The van der Waals surface area contributed by atoms with Gasteiger partial charge in [0.2, 0.25) is 0 Å². The van der Waals surface area contributed by atoms with Crippen molar-refractivity contribution >= 4 is 7.92 Å². The van der Waals surface area contributed by atoms with E-state index in [-0.39, 0.29) is 7.92 Å². The summed E-state index contributed by atoms with van der Waals surface area (Å²) in [7, 11) is 0.249. The van der Waals surface area contributed by atoms with E-state index in [1.165, 1.54) is 64.2 Å². The van der Waals surface area contributed by atoms with Crippen molar-refractivity contribution in [2.75, 3.05) is 0 Å². The Morgan fingerprint density at radius 3 is 2.08 bits per heavy atom. The first-order chi connectivity index (χ1) is 11.8. The van der Waals surface area contributed by atoms with Gasteiger partial charge in [0.1, 0.15) is 0 Å². The Kier molecular flexibility index (Phi) is 7.49. The summed E-state index contributed by atoms with van der Waals surface area (Å²) in [5, 5.41) is 0. The number of hydrogen-bond acceptors (Lipinski definition) is 0. The van der Waals surface area contributed by atoms with Crippen LogP contribution in [-0.4, -0.2) is 17.0 Å². The molecule has 3 aliphatic carbocycles. The molecule has 0 radical (unpaired) electrons. The highest BCUT2D eigenvalue weighted by Gasteiger charge is 2.34. The zero-order valence-electron chi connectivity index (χ0n) is 16.2. The summed E-state index contributed by atoms with van der Waals surface area (Å²) in [5.74, 6) is 0.790. The van der Waals surface area contributed by atoms with Gasteiger partial charge in [-0.05, 0) is 85.9 Å². The van der Waals surface area contributed by atoms with E-state index < -0.39 is 0 Å². The summed E-state index contributed by atoms with van der Waals surface area (Å²) < 4.78 is 0. The first-order valence-electron chi connectivity index (χ1n) is 11.0. The number of rotatable bonds is 6. The number of hydrogen-bond donors (Lipinski definition) is 0. The maximum atomic E-state index is 3.62. The van der Waals surface area contributed by atoms with Crippen molar-refractivity contribution in [2.24, 2.45) is 5.92 Å². The normalized spacial score (nSPS) is 28.1. The molecule has 3 rings (SSSR count). The molecule has 0 aliphatic heterocycles. The van der Waals surface area contributed by atoms with Gasteiger partial charge in [0.15, 0.2) is 0 Å². The van der Waals surface area contributed by atoms with Crippen LogP contribution in [0.2, 0.25) is 0 Å². The summed E-state index contributed by atoms with van der Waals surface area (Å²) in [6.07, 6.45) is 23.0. The molecular weight excluding hydrogens is 307 g/mol. The van der Waals surface area contributed by atoms with E-state index in [2.05, 4.69) is 25.7 Å². The molecule has 24 heavy (non-hydrogen) atoms. The fourth-order valence-electron chi connectivity index (χ4n) is 5.46. The first-order valence-corrected chi connectivity index (χ1v) is 12.5. The van der Waals surface area contributed by atoms with E-state index in [1.54, 1.807) is 31.3 Å². The van der Waals surface area contributed by atoms with E-state index in [0.717, 1.165) is 22.9 Å². The molecule has 0 saturated heterocycles. The first kappa shape index (κ1) is 18.7. The lowest BCUT2D eigenvalue weighted by Gasteiger charge is -2.42. The molecular formula is C23H39P.